The predicted octanol–water partition coefficient (Wildman–Crippen LogP) is 4.80. The number of carbonyl (C=O) groups excluding carboxylic acids is 1. The monoisotopic (exact) mass is 464 g/mol. The molecule has 0 saturated heterocycles. The van der Waals surface area contributed by atoms with Crippen LogP contribution in [-0.4, -0.2) is 14.3 Å². The van der Waals surface area contributed by atoms with E-state index in [-0.39, 0.29) is 16.2 Å². The number of anilines is 1. The van der Waals surface area contributed by atoms with Crippen molar-refractivity contribution in [3.05, 3.63) is 81.6 Å². The molecule has 0 saturated carbocycles. The molecule has 0 aliphatic carbocycles. The lowest BCUT2D eigenvalue weighted by atomic mass is 10.1. The van der Waals surface area contributed by atoms with Gasteiger partial charge < -0.3 is 5.32 Å². The number of sulfonamides is 1. The Morgan fingerprint density at radius 2 is 1.70 bits per heavy atom. The Kier molecular flexibility index (Phi) is 5.98. The molecule has 140 valence electrons. The third-order valence-electron chi connectivity index (χ3n) is 3.88. The second kappa shape index (κ2) is 8.24. The van der Waals surface area contributed by atoms with Crippen LogP contribution in [0.5, 0.6) is 0 Å². The van der Waals surface area contributed by atoms with Gasteiger partial charge in [-0.15, -0.1) is 11.3 Å². The van der Waals surface area contributed by atoms with E-state index in [0.717, 1.165) is 21.4 Å². The van der Waals surface area contributed by atoms with Crippen LogP contribution in [0.2, 0.25) is 0 Å². The van der Waals surface area contributed by atoms with Gasteiger partial charge in [0.05, 0.1) is 6.04 Å². The molecular weight excluding hydrogens is 448 g/mol. The highest BCUT2D eigenvalue weighted by molar-refractivity contribution is 9.10. The smallest absolute Gasteiger partial charge is 0.271 e. The molecule has 3 aromatic rings. The minimum Gasteiger partial charge on any atom is -0.346 e. The highest BCUT2D eigenvalue weighted by Crippen LogP contribution is 2.21. The Balaban J connectivity index is 1.66. The zero-order chi connectivity index (χ0) is 19.4. The molecule has 5 nitrogen and oxygen atoms in total. The Bertz CT molecular complexity index is 1020. The lowest BCUT2D eigenvalue weighted by Crippen LogP contribution is -2.26. The van der Waals surface area contributed by atoms with Gasteiger partial charge in [-0.05, 0) is 60.3 Å². The summed E-state index contributed by atoms with van der Waals surface area (Å²) in [6.07, 6.45) is 0. The maximum absolute atomic E-state index is 12.4. The van der Waals surface area contributed by atoms with Gasteiger partial charge in [-0.25, -0.2) is 8.42 Å². The Morgan fingerprint density at radius 3 is 2.30 bits per heavy atom. The molecule has 0 aliphatic rings. The van der Waals surface area contributed by atoms with Crippen molar-refractivity contribution in [1.29, 1.82) is 0 Å². The van der Waals surface area contributed by atoms with Gasteiger partial charge in [-0.1, -0.05) is 34.1 Å². The molecule has 1 atom stereocenters. The SMILES string of the molecule is C[C@@H](NC(=O)c1ccc(NS(=O)(=O)c2cccs2)cc1)c1ccc(Br)cc1. The normalized spacial score (nSPS) is 12.4. The van der Waals surface area contributed by atoms with E-state index in [1.807, 2.05) is 31.2 Å². The molecule has 0 spiro atoms. The van der Waals surface area contributed by atoms with E-state index >= 15 is 0 Å². The molecule has 0 bridgehead atoms. The summed E-state index contributed by atoms with van der Waals surface area (Å²) < 4.78 is 28.2. The summed E-state index contributed by atoms with van der Waals surface area (Å²) in [4.78, 5) is 12.4. The van der Waals surface area contributed by atoms with E-state index in [2.05, 4.69) is 26.0 Å². The lowest BCUT2D eigenvalue weighted by Gasteiger charge is -2.15. The number of amides is 1. The molecule has 0 fully saturated rings. The topological polar surface area (TPSA) is 75.3 Å². The van der Waals surface area contributed by atoms with Crippen molar-refractivity contribution < 1.29 is 13.2 Å². The molecule has 0 unspecified atom stereocenters. The van der Waals surface area contributed by atoms with Gasteiger partial charge in [0.1, 0.15) is 4.21 Å². The zero-order valence-electron chi connectivity index (χ0n) is 14.3. The van der Waals surface area contributed by atoms with Crippen molar-refractivity contribution >= 4 is 48.9 Å². The van der Waals surface area contributed by atoms with Crippen molar-refractivity contribution in [3.63, 3.8) is 0 Å². The number of hydrogen-bond acceptors (Lipinski definition) is 4. The number of nitrogens with one attached hydrogen (secondary N) is 2. The van der Waals surface area contributed by atoms with Gasteiger partial charge in [0.25, 0.3) is 15.9 Å². The first-order valence-corrected chi connectivity index (χ1v) is 11.2. The van der Waals surface area contributed by atoms with Crippen LogP contribution in [0.25, 0.3) is 0 Å². The average molecular weight is 465 g/mol. The van der Waals surface area contributed by atoms with Crippen LogP contribution in [0.3, 0.4) is 0 Å². The van der Waals surface area contributed by atoms with Crippen LogP contribution >= 0.6 is 27.3 Å². The van der Waals surface area contributed by atoms with Crippen molar-refractivity contribution in [2.45, 2.75) is 17.2 Å². The first kappa shape index (κ1) is 19.6. The number of rotatable bonds is 6. The zero-order valence-corrected chi connectivity index (χ0v) is 17.6. The van der Waals surface area contributed by atoms with E-state index in [1.165, 1.54) is 0 Å². The van der Waals surface area contributed by atoms with Gasteiger partial charge in [0.2, 0.25) is 0 Å². The molecule has 2 N–H and O–H groups in total. The van der Waals surface area contributed by atoms with E-state index in [9.17, 15) is 13.2 Å². The third kappa shape index (κ3) is 4.97. The van der Waals surface area contributed by atoms with Crippen molar-refractivity contribution in [2.24, 2.45) is 0 Å². The Morgan fingerprint density at radius 1 is 1.04 bits per heavy atom. The van der Waals surface area contributed by atoms with Gasteiger partial charge in [-0.3, -0.25) is 9.52 Å². The molecule has 0 radical (unpaired) electrons. The lowest BCUT2D eigenvalue weighted by molar-refractivity contribution is 0.0940. The number of thiophene rings is 1. The summed E-state index contributed by atoms with van der Waals surface area (Å²) in [5, 5.41) is 4.63. The maximum Gasteiger partial charge on any atom is 0.271 e. The second-order valence-electron chi connectivity index (χ2n) is 5.86. The number of halogens is 1. The molecule has 1 amide bonds. The number of benzene rings is 2. The maximum atomic E-state index is 12.4. The van der Waals surface area contributed by atoms with Crippen molar-refractivity contribution in [3.8, 4) is 0 Å². The van der Waals surface area contributed by atoms with Crippen LogP contribution in [0.15, 0.2) is 74.7 Å². The van der Waals surface area contributed by atoms with Gasteiger partial charge in [0, 0.05) is 15.7 Å². The third-order valence-corrected chi connectivity index (χ3v) is 7.18. The fourth-order valence-electron chi connectivity index (χ4n) is 2.43. The quantitative estimate of drug-likeness (QED) is 0.549. The van der Waals surface area contributed by atoms with E-state index < -0.39 is 10.0 Å². The summed E-state index contributed by atoms with van der Waals surface area (Å²) in [6.45, 7) is 1.91. The Labute approximate surface area is 170 Å². The van der Waals surface area contributed by atoms with Crippen LogP contribution in [-0.2, 0) is 10.0 Å². The van der Waals surface area contributed by atoms with E-state index in [1.54, 1.807) is 41.8 Å². The van der Waals surface area contributed by atoms with Gasteiger partial charge >= 0.3 is 0 Å². The van der Waals surface area contributed by atoms with Crippen molar-refractivity contribution in [1.82, 2.24) is 5.32 Å². The molecule has 3 rings (SSSR count). The summed E-state index contributed by atoms with van der Waals surface area (Å²) in [5.41, 5.74) is 1.85. The molecule has 1 aromatic heterocycles. The number of carbonyl (C=O) groups is 1. The molecule has 0 aliphatic heterocycles. The van der Waals surface area contributed by atoms with Gasteiger partial charge in [-0.2, -0.15) is 0 Å². The molecule has 1 heterocycles. The fourth-order valence-corrected chi connectivity index (χ4v) is 4.74. The predicted molar refractivity (Wildman–Crippen MR) is 112 cm³/mol. The van der Waals surface area contributed by atoms with Crippen LogP contribution in [0.1, 0.15) is 28.9 Å². The minimum atomic E-state index is -3.60. The highest BCUT2D eigenvalue weighted by atomic mass is 79.9. The summed E-state index contributed by atoms with van der Waals surface area (Å²) >= 11 is 4.53. The summed E-state index contributed by atoms with van der Waals surface area (Å²) in [5.74, 6) is -0.224. The van der Waals surface area contributed by atoms with Crippen LogP contribution in [0.4, 0.5) is 5.69 Å². The second-order valence-corrected chi connectivity index (χ2v) is 9.63. The van der Waals surface area contributed by atoms with Crippen molar-refractivity contribution in [2.75, 3.05) is 4.72 Å². The molecule has 8 heteroatoms. The first-order chi connectivity index (χ1) is 12.8. The van der Waals surface area contributed by atoms with Crippen LogP contribution < -0.4 is 10.0 Å². The van der Waals surface area contributed by atoms with Crippen LogP contribution in [0, 0.1) is 0 Å². The largest absolute Gasteiger partial charge is 0.346 e. The molecule has 2 aromatic carbocycles. The Hall–Kier alpha value is -2.16. The number of hydrogen-bond donors (Lipinski definition) is 2. The highest BCUT2D eigenvalue weighted by Gasteiger charge is 2.16. The van der Waals surface area contributed by atoms with E-state index in [0.29, 0.717) is 11.3 Å². The average Bonchev–Trinajstić information content (AvgIpc) is 3.18. The fraction of sp³-hybridized carbons (Fsp3) is 0.105. The van der Waals surface area contributed by atoms with Gasteiger partial charge in [0.15, 0.2) is 0 Å². The summed E-state index contributed by atoms with van der Waals surface area (Å²) in [6, 6.07) is 17.1. The molecule has 27 heavy (non-hydrogen) atoms. The molecular formula is C19H17BrN2O3S2. The minimum absolute atomic E-state index is 0.150. The van der Waals surface area contributed by atoms with E-state index in [4.69, 9.17) is 0 Å². The standard InChI is InChI=1S/C19H17BrN2O3S2/c1-13(14-4-8-16(20)9-5-14)21-19(23)15-6-10-17(11-7-15)22-27(24,25)18-3-2-12-26-18/h2-13,22H,1H3,(H,21,23)/t13-/m1/s1. The summed E-state index contributed by atoms with van der Waals surface area (Å²) in [7, 11) is -3.60. The first-order valence-electron chi connectivity index (χ1n) is 8.08.